The molecule has 0 aliphatic carbocycles. The van der Waals surface area contributed by atoms with E-state index in [9.17, 15) is 17.6 Å². The molecule has 5 rings (SSSR count). The van der Waals surface area contributed by atoms with Crippen molar-refractivity contribution in [3.63, 3.8) is 0 Å². The van der Waals surface area contributed by atoms with Crippen molar-refractivity contribution >= 4 is 32.5 Å². The highest BCUT2D eigenvalue weighted by atomic mass is 32.2. The number of aromatic amines is 1. The van der Waals surface area contributed by atoms with Gasteiger partial charge in [-0.3, -0.25) is 14.4 Å². The number of rotatable bonds is 9. The van der Waals surface area contributed by atoms with Crippen LogP contribution in [-0.2, 0) is 21.3 Å². The van der Waals surface area contributed by atoms with Crippen LogP contribution in [-0.4, -0.2) is 61.1 Å². The summed E-state index contributed by atoms with van der Waals surface area (Å²) in [7, 11) is -3.85. The van der Waals surface area contributed by atoms with Gasteiger partial charge in [0.05, 0.1) is 30.2 Å². The molecule has 0 amide bonds. The number of hydrogen-bond acceptors (Lipinski definition) is 6. The van der Waals surface area contributed by atoms with Crippen LogP contribution in [0.25, 0.3) is 22.2 Å². The second-order valence-corrected chi connectivity index (χ2v) is 11.3. The second-order valence-electron chi connectivity index (χ2n) is 9.45. The number of ketones is 1. The van der Waals surface area contributed by atoms with E-state index in [1.54, 1.807) is 19.2 Å². The molecule has 3 heterocycles. The number of aromatic nitrogens is 2. The standard InChI is InChI=1S/C28H28F2N4O4S/c1-2-12-39(36,37)33-24-7-6-23(29)25(26(24)30)27(35)22-16-32-28-21(22)14-20(15-31-28)19-5-3-4-18(13-19)17-34-8-10-38-11-9-34/h3-7,13-16,33H,2,8-12,17H2,1H3,(H,31,32). The molecule has 1 fully saturated rings. The maximum Gasteiger partial charge on any atom is 0.232 e. The molecule has 0 spiro atoms. The van der Waals surface area contributed by atoms with E-state index in [0.29, 0.717) is 30.7 Å². The second kappa shape index (κ2) is 11.2. The van der Waals surface area contributed by atoms with Crippen molar-refractivity contribution in [2.24, 2.45) is 0 Å². The van der Waals surface area contributed by atoms with Gasteiger partial charge in [-0.15, -0.1) is 0 Å². The SMILES string of the molecule is CCCS(=O)(=O)Nc1ccc(F)c(C(=O)c2c[nH]c3ncc(-c4cccc(CN5CCOCC5)c4)cc23)c1F. The molecular weight excluding hydrogens is 526 g/mol. The summed E-state index contributed by atoms with van der Waals surface area (Å²) in [5, 5.41) is 0.395. The summed E-state index contributed by atoms with van der Waals surface area (Å²) in [5.41, 5.74) is 1.82. The summed E-state index contributed by atoms with van der Waals surface area (Å²) < 4.78 is 61.9. The van der Waals surface area contributed by atoms with Crippen LogP contribution in [0.1, 0.15) is 34.8 Å². The minimum Gasteiger partial charge on any atom is -0.379 e. The number of anilines is 1. The molecule has 11 heteroatoms. The van der Waals surface area contributed by atoms with E-state index in [1.807, 2.05) is 18.2 Å². The molecule has 0 radical (unpaired) electrons. The predicted octanol–water partition coefficient (Wildman–Crippen LogP) is 4.72. The minimum atomic E-state index is -3.85. The number of hydrogen-bond donors (Lipinski definition) is 2. The molecule has 204 valence electrons. The van der Waals surface area contributed by atoms with Gasteiger partial charge in [0.15, 0.2) is 5.82 Å². The fraction of sp³-hybridized carbons (Fsp3) is 0.286. The Morgan fingerprint density at radius 3 is 2.69 bits per heavy atom. The van der Waals surface area contributed by atoms with E-state index in [4.69, 9.17) is 4.74 Å². The van der Waals surface area contributed by atoms with Gasteiger partial charge in [-0.1, -0.05) is 25.1 Å². The maximum atomic E-state index is 15.3. The van der Waals surface area contributed by atoms with Crippen molar-refractivity contribution in [3.8, 4) is 11.1 Å². The number of nitrogens with zero attached hydrogens (tertiary/aromatic N) is 2. The summed E-state index contributed by atoms with van der Waals surface area (Å²) in [5.74, 6) is -3.52. The number of carbonyl (C=O) groups excluding carboxylic acids is 1. The Kier molecular flexibility index (Phi) is 7.74. The lowest BCUT2D eigenvalue weighted by molar-refractivity contribution is 0.0342. The molecule has 4 aromatic rings. The van der Waals surface area contributed by atoms with Crippen LogP contribution >= 0.6 is 0 Å². The van der Waals surface area contributed by atoms with Gasteiger partial charge in [0, 0.05) is 48.5 Å². The number of H-pyrrole nitrogens is 1. The molecule has 2 aromatic carbocycles. The Bertz CT molecular complexity index is 1630. The number of fused-ring (bicyclic) bond motifs is 1. The quantitative estimate of drug-likeness (QED) is 0.290. The summed E-state index contributed by atoms with van der Waals surface area (Å²) in [6.07, 6.45) is 3.33. The first kappa shape index (κ1) is 26.9. The fourth-order valence-corrected chi connectivity index (χ4v) is 5.81. The normalized spacial score (nSPS) is 14.5. The first-order chi connectivity index (χ1) is 18.8. The lowest BCUT2D eigenvalue weighted by Crippen LogP contribution is -2.35. The van der Waals surface area contributed by atoms with E-state index < -0.39 is 38.7 Å². The zero-order valence-electron chi connectivity index (χ0n) is 21.3. The Morgan fingerprint density at radius 1 is 1.13 bits per heavy atom. The number of nitrogens with one attached hydrogen (secondary N) is 2. The van der Waals surface area contributed by atoms with Crippen molar-refractivity contribution in [1.29, 1.82) is 0 Å². The van der Waals surface area contributed by atoms with E-state index in [-0.39, 0.29) is 11.3 Å². The Morgan fingerprint density at radius 2 is 1.92 bits per heavy atom. The Hall–Kier alpha value is -3.67. The average molecular weight is 555 g/mol. The molecule has 0 bridgehead atoms. The number of pyridine rings is 1. The topological polar surface area (TPSA) is 104 Å². The summed E-state index contributed by atoms with van der Waals surface area (Å²) >= 11 is 0. The van der Waals surface area contributed by atoms with Gasteiger partial charge in [0.2, 0.25) is 15.8 Å². The van der Waals surface area contributed by atoms with Gasteiger partial charge in [-0.25, -0.2) is 22.2 Å². The average Bonchev–Trinajstić information content (AvgIpc) is 3.34. The molecule has 2 N–H and O–H groups in total. The molecule has 2 aromatic heterocycles. The van der Waals surface area contributed by atoms with Crippen LogP contribution in [0.5, 0.6) is 0 Å². The summed E-state index contributed by atoms with van der Waals surface area (Å²) in [6.45, 7) is 5.58. The summed E-state index contributed by atoms with van der Waals surface area (Å²) in [6, 6.07) is 11.6. The lowest BCUT2D eigenvalue weighted by Gasteiger charge is -2.26. The van der Waals surface area contributed by atoms with Gasteiger partial charge < -0.3 is 9.72 Å². The van der Waals surface area contributed by atoms with Crippen molar-refractivity contribution in [1.82, 2.24) is 14.9 Å². The first-order valence-electron chi connectivity index (χ1n) is 12.7. The number of morpholine rings is 1. The highest BCUT2D eigenvalue weighted by Crippen LogP contribution is 2.30. The van der Waals surface area contributed by atoms with Gasteiger partial charge in [-0.2, -0.15) is 0 Å². The Labute approximate surface area is 225 Å². The first-order valence-corrected chi connectivity index (χ1v) is 14.3. The van der Waals surface area contributed by atoms with Crippen molar-refractivity contribution < 1.29 is 26.7 Å². The molecule has 1 aliphatic rings. The molecule has 0 unspecified atom stereocenters. The molecule has 39 heavy (non-hydrogen) atoms. The van der Waals surface area contributed by atoms with Crippen molar-refractivity contribution in [2.45, 2.75) is 19.9 Å². The third kappa shape index (κ3) is 5.85. The minimum absolute atomic E-state index is 0.0233. The van der Waals surface area contributed by atoms with Crippen LogP contribution in [0.3, 0.4) is 0 Å². The highest BCUT2D eigenvalue weighted by molar-refractivity contribution is 7.92. The van der Waals surface area contributed by atoms with Crippen molar-refractivity contribution in [3.05, 3.63) is 83.2 Å². The van der Waals surface area contributed by atoms with Gasteiger partial charge in [0.1, 0.15) is 11.5 Å². The van der Waals surface area contributed by atoms with Crippen molar-refractivity contribution in [2.75, 3.05) is 36.8 Å². The van der Waals surface area contributed by atoms with Crippen LogP contribution in [0, 0.1) is 11.6 Å². The van der Waals surface area contributed by atoms with Crippen LogP contribution in [0.2, 0.25) is 0 Å². The zero-order valence-corrected chi connectivity index (χ0v) is 22.2. The monoisotopic (exact) mass is 554 g/mol. The maximum absolute atomic E-state index is 15.3. The molecule has 0 saturated carbocycles. The highest BCUT2D eigenvalue weighted by Gasteiger charge is 2.26. The molecule has 1 aliphatic heterocycles. The van der Waals surface area contributed by atoms with Crippen LogP contribution in [0.4, 0.5) is 14.5 Å². The van der Waals surface area contributed by atoms with Gasteiger partial charge in [0.25, 0.3) is 0 Å². The molecule has 8 nitrogen and oxygen atoms in total. The number of benzene rings is 2. The van der Waals surface area contributed by atoms with E-state index in [0.717, 1.165) is 48.5 Å². The van der Waals surface area contributed by atoms with Crippen LogP contribution < -0.4 is 4.72 Å². The molecule has 1 saturated heterocycles. The number of halogens is 2. The van der Waals surface area contributed by atoms with E-state index in [2.05, 4.69) is 25.7 Å². The van der Waals surface area contributed by atoms with E-state index in [1.165, 1.54) is 6.20 Å². The predicted molar refractivity (Wildman–Crippen MR) is 145 cm³/mol. The third-order valence-corrected chi connectivity index (χ3v) is 8.08. The molecular formula is C28H28F2N4O4S. The smallest absolute Gasteiger partial charge is 0.232 e. The Balaban J connectivity index is 1.48. The summed E-state index contributed by atoms with van der Waals surface area (Å²) in [4.78, 5) is 23.0. The number of carbonyl (C=O) groups is 1. The number of sulfonamides is 1. The van der Waals surface area contributed by atoms with E-state index >= 15 is 4.39 Å². The fourth-order valence-electron chi connectivity index (χ4n) is 4.68. The lowest BCUT2D eigenvalue weighted by atomic mass is 9.99. The number of ether oxygens (including phenoxy) is 1. The largest absolute Gasteiger partial charge is 0.379 e. The molecule has 0 atom stereocenters. The van der Waals surface area contributed by atoms with Crippen LogP contribution in [0.15, 0.2) is 54.9 Å². The zero-order chi connectivity index (χ0) is 27.6. The van der Waals surface area contributed by atoms with Gasteiger partial charge in [-0.05, 0) is 41.8 Å². The third-order valence-electron chi connectivity index (χ3n) is 6.60. The van der Waals surface area contributed by atoms with Gasteiger partial charge >= 0.3 is 0 Å².